The molecule has 0 aliphatic heterocycles. The van der Waals surface area contributed by atoms with Crippen molar-refractivity contribution in [2.75, 3.05) is 18.4 Å². The maximum atomic E-state index is 12.0. The number of rotatable bonds is 7. The summed E-state index contributed by atoms with van der Waals surface area (Å²) in [7, 11) is 0. The molecule has 0 bridgehead atoms. The van der Waals surface area contributed by atoms with Crippen molar-refractivity contribution < 1.29 is 4.79 Å². The van der Waals surface area contributed by atoms with E-state index in [1.165, 1.54) is 43.4 Å². The molecule has 2 fully saturated rings. The third-order valence-corrected chi connectivity index (χ3v) is 5.59. The summed E-state index contributed by atoms with van der Waals surface area (Å²) in [6, 6.07) is 8.18. The minimum Gasteiger partial charge on any atom is -0.324 e. The fourth-order valence-corrected chi connectivity index (χ4v) is 4.10. The van der Waals surface area contributed by atoms with Crippen LogP contribution in [0.1, 0.15) is 38.5 Å². The summed E-state index contributed by atoms with van der Waals surface area (Å²) >= 11 is 1.92. The minimum atomic E-state index is 0. The average molecular weight is 341 g/mol. The fraction of sp³-hybridized carbons (Fsp3) is 0.588. The second-order valence-electron chi connectivity index (χ2n) is 6.14. The van der Waals surface area contributed by atoms with Crippen LogP contribution >= 0.6 is 24.2 Å². The zero-order valence-electron chi connectivity index (χ0n) is 12.8. The minimum absolute atomic E-state index is 0. The Hall–Kier alpha value is -0.710. The van der Waals surface area contributed by atoms with Gasteiger partial charge in [-0.1, -0.05) is 25.0 Å². The number of para-hydroxylation sites is 1. The maximum Gasteiger partial charge on any atom is 0.238 e. The van der Waals surface area contributed by atoms with Gasteiger partial charge in [0.25, 0.3) is 0 Å². The molecule has 1 aromatic rings. The van der Waals surface area contributed by atoms with Gasteiger partial charge in [-0.25, -0.2) is 0 Å². The molecule has 2 saturated carbocycles. The Balaban J connectivity index is 0.00000176. The van der Waals surface area contributed by atoms with Crippen LogP contribution in [0, 0.1) is 5.92 Å². The monoisotopic (exact) mass is 340 g/mol. The Bertz CT molecular complexity index is 487. The number of anilines is 1. The summed E-state index contributed by atoms with van der Waals surface area (Å²) in [5, 5.41) is 7.02. The number of carbonyl (C=O) groups is 1. The first-order valence-electron chi connectivity index (χ1n) is 8.07. The van der Waals surface area contributed by atoms with Crippen molar-refractivity contribution in [3.05, 3.63) is 24.3 Å². The lowest BCUT2D eigenvalue weighted by Gasteiger charge is -2.14. The number of amides is 1. The standard InChI is InChI=1S/C17H24N2OS.ClH/c20-17(12-18-11-13-9-10-13)19-15-7-3-4-8-16(15)21-14-5-1-2-6-14;/h3-4,7-8,13-14,18H,1-2,5-6,9-12H2,(H,19,20);1H. The van der Waals surface area contributed by atoms with Crippen LogP contribution in [0.5, 0.6) is 0 Å². The molecule has 0 heterocycles. The van der Waals surface area contributed by atoms with E-state index in [0.29, 0.717) is 6.54 Å². The van der Waals surface area contributed by atoms with Gasteiger partial charge in [-0.3, -0.25) is 4.79 Å². The van der Waals surface area contributed by atoms with E-state index in [9.17, 15) is 4.79 Å². The van der Waals surface area contributed by atoms with Crippen molar-refractivity contribution in [2.24, 2.45) is 5.92 Å². The molecular formula is C17H25ClN2OS. The summed E-state index contributed by atoms with van der Waals surface area (Å²) in [4.78, 5) is 13.2. The quantitative estimate of drug-likeness (QED) is 0.785. The Morgan fingerprint density at radius 2 is 1.86 bits per heavy atom. The first-order chi connectivity index (χ1) is 10.3. The largest absolute Gasteiger partial charge is 0.324 e. The van der Waals surface area contributed by atoms with Crippen LogP contribution in [-0.4, -0.2) is 24.2 Å². The molecule has 0 saturated heterocycles. The van der Waals surface area contributed by atoms with E-state index in [2.05, 4.69) is 22.8 Å². The second kappa shape index (κ2) is 8.80. The van der Waals surface area contributed by atoms with E-state index in [0.717, 1.165) is 23.4 Å². The van der Waals surface area contributed by atoms with Crippen molar-refractivity contribution in [2.45, 2.75) is 48.7 Å². The highest BCUT2D eigenvalue weighted by molar-refractivity contribution is 8.00. The Kier molecular flexibility index (Phi) is 7.06. The van der Waals surface area contributed by atoms with E-state index < -0.39 is 0 Å². The average Bonchev–Trinajstić information content (AvgIpc) is 3.16. The molecule has 22 heavy (non-hydrogen) atoms. The van der Waals surface area contributed by atoms with Gasteiger partial charge in [0.05, 0.1) is 12.2 Å². The molecule has 5 heteroatoms. The van der Waals surface area contributed by atoms with E-state index in [1.54, 1.807) is 0 Å². The van der Waals surface area contributed by atoms with Crippen molar-refractivity contribution in [3.8, 4) is 0 Å². The molecule has 3 rings (SSSR count). The first kappa shape index (κ1) is 17.6. The number of carbonyl (C=O) groups excluding carboxylic acids is 1. The lowest BCUT2D eigenvalue weighted by molar-refractivity contribution is -0.115. The van der Waals surface area contributed by atoms with Gasteiger partial charge in [-0.2, -0.15) is 0 Å². The molecule has 2 aliphatic rings. The number of hydrogen-bond donors (Lipinski definition) is 2. The van der Waals surface area contributed by atoms with Gasteiger partial charge in [-0.05, 0) is 50.3 Å². The second-order valence-corrected chi connectivity index (χ2v) is 7.49. The molecule has 3 nitrogen and oxygen atoms in total. The number of halogens is 1. The number of nitrogens with one attached hydrogen (secondary N) is 2. The molecule has 2 aliphatic carbocycles. The van der Waals surface area contributed by atoms with Gasteiger partial charge >= 0.3 is 0 Å². The molecule has 0 aromatic heterocycles. The molecule has 1 amide bonds. The maximum absolute atomic E-state index is 12.0. The summed E-state index contributed by atoms with van der Waals surface area (Å²) < 4.78 is 0. The summed E-state index contributed by atoms with van der Waals surface area (Å²) in [5.41, 5.74) is 0.965. The van der Waals surface area contributed by atoms with Crippen LogP contribution in [0.2, 0.25) is 0 Å². The first-order valence-corrected chi connectivity index (χ1v) is 8.95. The predicted molar refractivity (Wildman–Crippen MR) is 96.0 cm³/mol. The zero-order valence-corrected chi connectivity index (χ0v) is 14.5. The van der Waals surface area contributed by atoms with Crippen LogP contribution in [0.4, 0.5) is 5.69 Å². The van der Waals surface area contributed by atoms with Crippen molar-refractivity contribution >= 4 is 35.8 Å². The third kappa shape index (κ3) is 5.49. The summed E-state index contributed by atoms with van der Waals surface area (Å²) in [6.07, 6.45) is 7.92. The molecule has 0 spiro atoms. The number of thioether (sulfide) groups is 1. The van der Waals surface area contributed by atoms with Crippen LogP contribution < -0.4 is 10.6 Å². The SMILES string of the molecule is Cl.O=C(CNCC1CC1)Nc1ccccc1SC1CCCC1. The highest BCUT2D eigenvalue weighted by Crippen LogP contribution is 2.37. The van der Waals surface area contributed by atoms with Gasteiger partial charge in [0, 0.05) is 10.1 Å². The molecule has 122 valence electrons. The Labute approximate surface area is 143 Å². The molecule has 0 atom stereocenters. The van der Waals surface area contributed by atoms with Gasteiger partial charge in [0.15, 0.2) is 0 Å². The van der Waals surface area contributed by atoms with Crippen LogP contribution in [0.25, 0.3) is 0 Å². The third-order valence-electron chi connectivity index (χ3n) is 4.17. The van der Waals surface area contributed by atoms with E-state index in [4.69, 9.17) is 0 Å². The van der Waals surface area contributed by atoms with Gasteiger partial charge in [0.2, 0.25) is 5.91 Å². The summed E-state index contributed by atoms with van der Waals surface area (Å²) in [5.74, 6) is 0.873. The van der Waals surface area contributed by atoms with E-state index in [-0.39, 0.29) is 18.3 Å². The molecule has 2 N–H and O–H groups in total. The lowest BCUT2D eigenvalue weighted by atomic mass is 10.3. The summed E-state index contributed by atoms with van der Waals surface area (Å²) in [6.45, 7) is 1.39. The topological polar surface area (TPSA) is 41.1 Å². The van der Waals surface area contributed by atoms with Gasteiger partial charge in [0.1, 0.15) is 0 Å². The number of hydrogen-bond acceptors (Lipinski definition) is 3. The van der Waals surface area contributed by atoms with Crippen LogP contribution in [-0.2, 0) is 4.79 Å². The van der Waals surface area contributed by atoms with E-state index >= 15 is 0 Å². The Morgan fingerprint density at radius 1 is 1.14 bits per heavy atom. The van der Waals surface area contributed by atoms with Crippen LogP contribution in [0.3, 0.4) is 0 Å². The van der Waals surface area contributed by atoms with Crippen molar-refractivity contribution in [3.63, 3.8) is 0 Å². The highest BCUT2D eigenvalue weighted by Gasteiger charge is 2.21. The number of benzene rings is 1. The highest BCUT2D eigenvalue weighted by atomic mass is 35.5. The molecular weight excluding hydrogens is 316 g/mol. The smallest absolute Gasteiger partial charge is 0.238 e. The van der Waals surface area contributed by atoms with Crippen molar-refractivity contribution in [1.29, 1.82) is 0 Å². The lowest BCUT2D eigenvalue weighted by Crippen LogP contribution is -2.29. The van der Waals surface area contributed by atoms with Crippen molar-refractivity contribution in [1.82, 2.24) is 5.32 Å². The molecule has 1 aromatic carbocycles. The molecule has 0 radical (unpaired) electrons. The fourth-order valence-electron chi connectivity index (χ4n) is 2.76. The normalized spacial score (nSPS) is 18.0. The zero-order chi connectivity index (χ0) is 14.5. The molecule has 0 unspecified atom stereocenters. The Morgan fingerprint density at radius 3 is 2.59 bits per heavy atom. The predicted octanol–water partition coefficient (Wildman–Crippen LogP) is 4.08. The van der Waals surface area contributed by atoms with Crippen LogP contribution in [0.15, 0.2) is 29.2 Å². The van der Waals surface area contributed by atoms with Gasteiger partial charge < -0.3 is 10.6 Å². The van der Waals surface area contributed by atoms with E-state index in [1.807, 2.05) is 23.9 Å². The van der Waals surface area contributed by atoms with Gasteiger partial charge in [-0.15, -0.1) is 24.2 Å².